The van der Waals surface area contributed by atoms with Crippen molar-refractivity contribution in [2.45, 2.75) is 19.6 Å². The SMILES string of the molecule is CCOc1cc(CNCC(O)c2ccccc2Cl)ccc1OC. The van der Waals surface area contributed by atoms with E-state index in [1.807, 2.05) is 43.3 Å². The topological polar surface area (TPSA) is 50.7 Å². The van der Waals surface area contributed by atoms with Crippen LogP contribution in [0.1, 0.15) is 24.2 Å². The van der Waals surface area contributed by atoms with Crippen molar-refractivity contribution in [1.82, 2.24) is 5.32 Å². The Labute approximate surface area is 142 Å². The van der Waals surface area contributed by atoms with Gasteiger partial charge in [-0.05, 0) is 30.7 Å². The minimum absolute atomic E-state index is 0.416. The first-order valence-corrected chi connectivity index (χ1v) is 7.96. The largest absolute Gasteiger partial charge is 0.493 e. The molecule has 2 N–H and O–H groups in total. The maximum absolute atomic E-state index is 10.2. The molecule has 0 aromatic heterocycles. The van der Waals surface area contributed by atoms with E-state index in [1.54, 1.807) is 13.2 Å². The van der Waals surface area contributed by atoms with Crippen LogP contribution in [0.5, 0.6) is 11.5 Å². The summed E-state index contributed by atoms with van der Waals surface area (Å²) in [5.41, 5.74) is 1.78. The second-order valence-corrected chi connectivity index (χ2v) is 5.49. The molecule has 0 saturated carbocycles. The van der Waals surface area contributed by atoms with Gasteiger partial charge in [0.05, 0.1) is 19.8 Å². The minimum Gasteiger partial charge on any atom is -0.493 e. The summed E-state index contributed by atoms with van der Waals surface area (Å²) in [7, 11) is 1.62. The average molecular weight is 336 g/mol. The van der Waals surface area contributed by atoms with E-state index < -0.39 is 6.10 Å². The first kappa shape index (κ1) is 17.6. The average Bonchev–Trinajstić information content (AvgIpc) is 2.56. The summed E-state index contributed by atoms with van der Waals surface area (Å²) in [6.07, 6.45) is -0.645. The molecule has 0 fully saturated rings. The molecule has 0 amide bonds. The molecule has 2 aromatic carbocycles. The van der Waals surface area contributed by atoms with Crippen molar-refractivity contribution < 1.29 is 14.6 Å². The fraction of sp³-hybridized carbons (Fsp3) is 0.333. The van der Waals surface area contributed by atoms with Crippen molar-refractivity contribution in [3.63, 3.8) is 0 Å². The number of aliphatic hydroxyl groups is 1. The number of methoxy groups -OCH3 is 1. The Balaban J connectivity index is 1.93. The molecule has 5 heteroatoms. The third-order valence-corrected chi connectivity index (χ3v) is 3.80. The van der Waals surface area contributed by atoms with E-state index in [-0.39, 0.29) is 0 Å². The molecule has 0 heterocycles. The molecule has 1 unspecified atom stereocenters. The molecule has 2 aromatic rings. The van der Waals surface area contributed by atoms with Crippen molar-refractivity contribution in [3.05, 3.63) is 58.6 Å². The van der Waals surface area contributed by atoms with Gasteiger partial charge in [0.2, 0.25) is 0 Å². The number of nitrogens with one attached hydrogen (secondary N) is 1. The zero-order valence-electron chi connectivity index (χ0n) is 13.4. The van der Waals surface area contributed by atoms with Crippen LogP contribution < -0.4 is 14.8 Å². The highest BCUT2D eigenvalue weighted by Crippen LogP contribution is 2.28. The highest BCUT2D eigenvalue weighted by Gasteiger charge is 2.11. The maximum Gasteiger partial charge on any atom is 0.161 e. The summed E-state index contributed by atoms with van der Waals surface area (Å²) in [6, 6.07) is 13.1. The van der Waals surface area contributed by atoms with Crippen molar-refractivity contribution in [1.29, 1.82) is 0 Å². The van der Waals surface area contributed by atoms with Crippen LogP contribution in [0.2, 0.25) is 5.02 Å². The highest BCUT2D eigenvalue weighted by atomic mass is 35.5. The van der Waals surface area contributed by atoms with E-state index in [4.69, 9.17) is 21.1 Å². The van der Waals surface area contributed by atoms with Crippen LogP contribution in [-0.2, 0) is 6.54 Å². The summed E-state index contributed by atoms with van der Waals surface area (Å²) >= 11 is 6.09. The number of ether oxygens (including phenoxy) is 2. The molecule has 124 valence electrons. The fourth-order valence-corrected chi connectivity index (χ4v) is 2.57. The van der Waals surface area contributed by atoms with E-state index in [1.165, 1.54) is 0 Å². The smallest absolute Gasteiger partial charge is 0.161 e. The molecule has 0 saturated heterocycles. The van der Waals surface area contributed by atoms with Gasteiger partial charge in [0.1, 0.15) is 0 Å². The van der Waals surface area contributed by atoms with Crippen LogP contribution in [0.25, 0.3) is 0 Å². The van der Waals surface area contributed by atoms with E-state index in [0.29, 0.717) is 30.5 Å². The quantitative estimate of drug-likeness (QED) is 0.774. The molecule has 0 aliphatic heterocycles. The minimum atomic E-state index is -0.645. The zero-order valence-corrected chi connectivity index (χ0v) is 14.1. The van der Waals surface area contributed by atoms with Crippen LogP contribution in [0.3, 0.4) is 0 Å². The Morgan fingerprint density at radius 1 is 1.17 bits per heavy atom. The zero-order chi connectivity index (χ0) is 16.7. The lowest BCUT2D eigenvalue weighted by Gasteiger charge is -2.15. The molecule has 0 spiro atoms. The van der Waals surface area contributed by atoms with E-state index >= 15 is 0 Å². The van der Waals surface area contributed by atoms with Gasteiger partial charge < -0.3 is 19.9 Å². The van der Waals surface area contributed by atoms with Gasteiger partial charge in [-0.1, -0.05) is 35.9 Å². The lowest BCUT2D eigenvalue weighted by molar-refractivity contribution is 0.174. The second kappa shape index (κ2) is 8.77. The van der Waals surface area contributed by atoms with Crippen LogP contribution >= 0.6 is 11.6 Å². The lowest BCUT2D eigenvalue weighted by Crippen LogP contribution is -2.21. The lowest BCUT2D eigenvalue weighted by atomic mass is 10.1. The van der Waals surface area contributed by atoms with Crippen molar-refractivity contribution in [2.24, 2.45) is 0 Å². The molecule has 1 atom stereocenters. The van der Waals surface area contributed by atoms with Crippen molar-refractivity contribution in [2.75, 3.05) is 20.3 Å². The van der Waals surface area contributed by atoms with E-state index in [0.717, 1.165) is 16.9 Å². The summed E-state index contributed by atoms with van der Waals surface area (Å²) in [4.78, 5) is 0. The third-order valence-electron chi connectivity index (χ3n) is 3.46. The fourth-order valence-electron chi connectivity index (χ4n) is 2.31. The Morgan fingerprint density at radius 2 is 1.96 bits per heavy atom. The van der Waals surface area contributed by atoms with Gasteiger partial charge in [-0.15, -0.1) is 0 Å². The molecule has 0 aliphatic rings. The highest BCUT2D eigenvalue weighted by molar-refractivity contribution is 6.31. The first-order chi connectivity index (χ1) is 11.2. The van der Waals surface area contributed by atoms with Gasteiger partial charge >= 0.3 is 0 Å². The Morgan fingerprint density at radius 3 is 2.65 bits per heavy atom. The maximum atomic E-state index is 10.2. The molecule has 2 rings (SSSR count). The Hall–Kier alpha value is -1.75. The van der Waals surface area contributed by atoms with Gasteiger partial charge in [0.25, 0.3) is 0 Å². The molecular formula is C18H22ClNO3. The van der Waals surface area contributed by atoms with Crippen LogP contribution in [0.4, 0.5) is 0 Å². The van der Waals surface area contributed by atoms with Crippen LogP contribution in [0, 0.1) is 0 Å². The van der Waals surface area contributed by atoms with Crippen LogP contribution in [0.15, 0.2) is 42.5 Å². The predicted molar refractivity (Wildman–Crippen MR) is 92.3 cm³/mol. The predicted octanol–water partition coefficient (Wildman–Crippen LogP) is 3.57. The number of aliphatic hydroxyl groups excluding tert-OH is 1. The molecule has 0 bridgehead atoms. The number of rotatable bonds is 8. The summed E-state index contributed by atoms with van der Waals surface area (Å²) in [5, 5.41) is 14.0. The summed E-state index contributed by atoms with van der Waals surface area (Å²) < 4.78 is 10.8. The number of hydrogen-bond donors (Lipinski definition) is 2. The molecule has 4 nitrogen and oxygen atoms in total. The summed E-state index contributed by atoms with van der Waals surface area (Å²) in [5.74, 6) is 1.44. The normalized spacial score (nSPS) is 12.0. The Kier molecular flexibility index (Phi) is 6.71. The molecule has 0 radical (unpaired) electrons. The van der Waals surface area contributed by atoms with Gasteiger partial charge in [-0.25, -0.2) is 0 Å². The monoisotopic (exact) mass is 335 g/mol. The van der Waals surface area contributed by atoms with Gasteiger partial charge in [-0.3, -0.25) is 0 Å². The van der Waals surface area contributed by atoms with Crippen molar-refractivity contribution >= 4 is 11.6 Å². The van der Waals surface area contributed by atoms with Crippen LogP contribution in [-0.4, -0.2) is 25.4 Å². The van der Waals surface area contributed by atoms with Gasteiger partial charge in [-0.2, -0.15) is 0 Å². The standard InChI is InChI=1S/C18H22ClNO3/c1-3-23-18-10-13(8-9-17(18)22-2)11-20-12-16(21)14-6-4-5-7-15(14)19/h4-10,16,20-21H,3,11-12H2,1-2H3. The molecule has 0 aliphatic carbocycles. The number of hydrogen-bond acceptors (Lipinski definition) is 4. The Bertz CT molecular complexity index is 633. The van der Waals surface area contributed by atoms with Gasteiger partial charge in [0.15, 0.2) is 11.5 Å². The first-order valence-electron chi connectivity index (χ1n) is 7.58. The third kappa shape index (κ3) is 4.86. The second-order valence-electron chi connectivity index (χ2n) is 5.09. The number of benzene rings is 2. The summed E-state index contributed by atoms with van der Waals surface area (Å²) in [6.45, 7) is 3.55. The molecular weight excluding hydrogens is 314 g/mol. The van der Waals surface area contributed by atoms with Gasteiger partial charge in [0, 0.05) is 23.7 Å². The van der Waals surface area contributed by atoms with E-state index in [2.05, 4.69) is 5.32 Å². The van der Waals surface area contributed by atoms with E-state index in [9.17, 15) is 5.11 Å². The number of halogens is 1. The van der Waals surface area contributed by atoms with Crippen molar-refractivity contribution in [3.8, 4) is 11.5 Å². The molecule has 23 heavy (non-hydrogen) atoms.